The topological polar surface area (TPSA) is 50.7 Å². The number of ether oxygens (including phenoxy) is 2. The molecule has 0 aliphatic rings. The van der Waals surface area contributed by atoms with E-state index < -0.39 is 0 Å². The average molecular weight is 267 g/mol. The van der Waals surface area contributed by atoms with Gasteiger partial charge in [0.15, 0.2) is 11.5 Å². The zero-order chi connectivity index (χ0) is 14.3. The molecule has 1 aromatic carbocycles. The Kier molecular flexibility index (Phi) is 6.12. The van der Waals surface area contributed by atoms with Crippen LogP contribution in [0, 0.1) is 0 Å². The number of rotatable bonds is 8. The lowest BCUT2D eigenvalue weighted by atomic mass is 10.00. The molecule has 1 unspecified atom stereocenters. The van der Waals surface area contributed by atoms with Gasteiger partial charge in [0.1, 0.15) is 0 Å². The van der Waals surface area contributed by atoms with Crippen LogP contribution in [0.25, 0.3) is 0 Å². The molecule has 4 heteroatoms. The van der Waals surface area contributed by atoms with Gasteiger partial charge in [0.25, 0.3) is 0 Å². The first-order valence-electron chi connectivity index (χ1n) is 6.74. The summed E-state index contributed by atoms with van der Waals surface area (Å²) in [5.41, 5.74) is 0.864. The predicted molar refractivity (Wildman–Crippen MR) is 76.8 cm³/mol. The summed E-state index contributed by atoms with van der Waals surface area (Å²) in [6.07, 6.45) is 0.873. The Hall–Kier alpha value is -1.26. The fourth-order valence-corrected chi connectivity index (χ4v) is 1.71. The first-order valence-corrected chi connectivity index (χ1v) is 6.74. The summed E-state index contributed by atoms with van der Waals surface area (Å²) in [7, 11) is 1.63. The number of hydrogen-bond donors (Lipinski definition) is 2. The van der Waals surface area contributed by atoms with Crippen molar-refractivity contribution in [2.45, 2.75) is 39.3 Å². The first-order chi connectivity index (χ1) is 9.08. The van der Waals surface area contributed by atoms with Crippen LogP contribution in [0.1, 0.15) is 32.8 Å². The second-order valence-electron chi connectivity index (χ2n) is 4.84. The van der Waals surface area contributed by atoms with E-state index in [0.717, 1.165) is 23.5 Å². The van der Waals surface area contributed by atoms with Crippen molar-refractivity contribution < 1.29 is 14.6 Å². The Bertz CT molecular complexity index is 389. The SMILES string of the molecule is CCOc1cc(CNC(C)(CC)CO)ccc1OC. The molecule has 108 valence electrons. The van der Waals surface area contributed by atoms with Crippen molar-refractivity contribution in [2.75, 3.05) is 20.3 Å². The Morgan fingerprint density at radius 3 is 2.53 bits per heavy atom. The first kappa shape index (κ1) is 15.8. The van der Waals surface area contributed by atoms with Crippen molar-refractivity contribution in [3.8, 4) is 11.5 Å². The summed E-state index contributed by atoms with van der Waals surface area (Å²) in [5.74, 6) is 1.50. The van der Waals surface area contributed by atoms with E-state index in [1.807, 2.05) is 32.0 Å². The van der Waals surface area contributed by atoms with Gasteiger partial charge in [-0.05, 0) is 38.0 Å². The third-order valence-corrected chi connectivity index (χ3v) is 3.38. The minimum Gasteiger partial charge on any atom is -0.493 e. The van der Waals surface area contributed by atoms with E-state index in [9.17, 15) is 5.11 Å². The van der Waals surface area contributed by atoms with Gasteiger partial charge in [0.2, 0.25) is 0 Å². The largest absolute Gasteiger partial charge is 0.493 e. The predicted octanol–water partition coefficient (Wildman–Crippen LogP) is 2.34. The molecule has 0 saturated heterocycles. The van der Waals surface area contributed by atoms with Crippen LogP contribution in [-0.2, 0) is 6.54 Å². The van der Waals surface area contributed by atoms with E-state index in [2.05, 4.69) is 12.2 Å². The minimum atomic E-state index is -0.244. The molecule has 4 nitrogen and oxygen atoms in total. The highest BCUT2D eigenvalue weighted by atomic mass is 16.5. The lowest BCUT2D eigenvalue weighted by molar-refractivity contribution is 0.169. The van der Waals surface area contributed by atoms with Crippen LogP contribution in [0.2, 0.25) is 0 Å². The molecule has 0 aliphatic carbocycles. The number of aliphatic hydroxyl groups excluding tert-OH is 1. The van der Waals surface area contributed by atoms with E-state index in [1.165, 1.54) is 0 Å². The monoisotopic (exact) mass is 267 g/mol. The highest BCUT2D eigenvalue weighted by Gasteiger charge is 2.19. The molecule has 0 heterocycles. The van der Waals surface area contributed by atoms with Gasteiger partial charge in [-0.3, -0.25) is 0 Å². The summed E-state index contributed by atoms with van der Waals surface area (Å²) in [6.45, 7) is 7.44. The molecule has 1 rings (SSSR count). The van der Waals surface area contributed by atoms with Crippen LogP contribution in [0.5, 0.6) is 11.5 Å². The fourth-order valence-electron chi connectivity index (χ4n) is 1.71. The molecular weight excluding hydrogens is 242 g/mol. The van der Waals surface area contributed by atoms with Gasteiger partial charge in [0, 0.05) is 12.1 Å². The van der Waals surface area contributed by atoms with Crippen molar-refractivity contribution in [1.29, 1.82) is 0 Å². The molecule has 0 saturated carbocycles. The molecule has 0 radical (unpaired) electrons. The van der Waals surface area contributed by atoms with Crippen LogP contribution in [0.3, 0.4) is 0 Å². The Morgan fingerprint density at radius 1 is 1.26 bits per heavy atom. The molecule has 1 aromatic rings. The summed E-state index contributed by atoms with van der Waals surface area (Å²) < 4.78 is 10.8. The molecule has 0 amide bonds. The van der Waals surface area contributed by atoms with Gasteiger partial charge in [0.05, 0.1) is 20.3 Å². The number of benzene rings is 1. The summed E-state index contributed by atoms with van der Waals surface area (Å²) in [4.78, 5) is 0. The molecule has 1 atom stereocenters. The molecule has 2 N–H and O–H groups in total. The average Bonchev–Trinajstić information content (AvgIpc) is 2.45. The lowest BCUT2D eigenvalue weighted by Gasteiger charge is -2.27. The van der Waals surface area contributed by atoms with Gasteiger partial charge >= 0.3 is 0 Å². The van der Waals surface area contributed by atoms with E-state index >= 15 is 0 Å². The highest BCUT2D eigenvalue weighted by Crippen LogP contribution is 2.28. The molecular formula is C15H25NO3. The van der Waals surface area contributed by atoms with Gasteiger partial charge in [-0.1, -0.05) is 13.0 Å². The summed E-state index contributed by atoms with van der Waals surface area (Å²) >= 11 is 0. The smallest absolute Gasteiger partial charge is 0.161 e. The van der Waals surface area contributed by atoms with Crippen molar-refractivity contribution in [1.82, 2.24) is 5.32 Å². The third kappa shape index (κ3) is 4.40. The van der Waals surface area contributed by atoms with E-state index in [0.29, 0.717) is 13.2 Å². The van der Waals surface area contributed by atoms with Crippen LogP contribution < -0.4 is 14.8 Å². The normalized spacial score (nSPS) is 13.9. The standard InChI is InChI=1S/C15H25NO3/c1-5-15(3,11-17)16-10-12-7-8-13(18-4)14(9-12)19-6-2/h7-9,16-17H,5-6,10-11H2,1-4H3. The van der Waals surface area contributed by atoms with Crippen LogP contribution in [-0.4, -0.2) is 31.0 Å². The molecule has 0 aliphatic heterocycles. The summed E-state index contributed by atoms with van der Waals surface area (Å²) in [6, 6.07) is 5.88. The van der Waals surface area contributed by atoms with Crippen LogP contribution >= 0.6 is 0 Å². The van der Waals surface area contributed by atoms with Gasteiger partial charge in [-0.15, -0.1) is 0 Å². The van der Waals surface area contributed by atoms with Gasteiger partial charge < -0.3 is 19.9 Å². The Balaban J connectivity index is 2.76. The zero-order valence-electron chi connectivity index (χ0n) is 12.3. The number of methoxy groups -OCH3 is 1. The minimum absolute atomic E-state index is 0.123. The van der Waals surface area contributed by atoms with E-state index in [-0.39, 0.29) is 12.1 Å². The Morgan fingerprint density at radius 2 is 2.00 bits per heavy atom. The van der Waals surface area contributed by atoms with Crippen molar-refractivity contribution in [2.24, 2.45) is 0 Å². The molecule has 0 bridgehead atoms. The molecule has 0 fully saturated rings. The second kappa shape index (κ2) is 7.36. The second-order valence-corrected chi connectivity index (χ2v) is 4.84. The number of hydrogen-bond acceptors (Lipinski definition) is 4. The maximum atomic E-state index is 9.38. The maximum absolute atomic E-state index is 9.38. The number of nitrogens with one attached hydrogen (secondary N) is 1. The van der Waals surface area contributed by atoms with Crippen molar-refractivity contribution in [3.63, 3.8) is 0 Å². The van der Waals surface area contributed by atoms with Crippen molar-refractivity contribution >= 4 is 0 Å². The third-order valence-electron chi connectivity index (χ3n) is 3.38. The van der Waals surface area contributed by atoms with Gasteiger partial charge in [-0.25, -0.2) is 0 Å². The van der Waals surface area contributed by atoms with Crippen LogP contribution in [0.15, 0.2) is 18.2 Å². The highest BCUT2D eigenvalue weighted by molar-refractivity contribution is 5.42. The molecule has 0 aromatic heterocycles. The zero-order valence-corrected chi connectivity index (χ0v) is 12.3. The fraction of sp³-hybridized carbons (Fsp3) is 0.600. The lowest BCUT2D eigenvalue weighted by Crippen LogP contribution is -2.44. The quantitative estimate of drug-likeness (QED) is 0.759. The van der Waals surface area contributed by atoms with E-state index in [4.69, 9.17) is 9.47 Å². The van der Waals surface area contributed by atoms with E-state index in [1.54, 1.807) is 7.11 Å². The Labute approximate surface area is 115 Å². The van der Waals surface area contributed by atoms with Crippen LogP contribution in [0.4, 0.5) is 0 Å². The van der Waals surface area contributed by atoms with Gasteiger partial charge in [-0.2, -0.15) is 0 Å². The molecule has 0 spiro atoms. The summed E-state index contributed by atoms with van der Waals surface area (Å²) in [5, 5.41) is 12.7. The molecule has 19 heavy (non-hydrogen) atoms. The van der Waals surface area contributed by atoms with Crippen molar-refractivity contribution in [3.05, 3.63) is 23.8 Å². The maximum Gasteiger partial charge on any atom is 0.161 e. The number of aliphatic hydroxyl groups is 1.